The van der Waals surface area contributed by atoms with Crippen molar-refractivity contribution in [3.05, 3.63) is 88.0 Å². The number of nitro groups is 1. The minimum atomic E-state index is -0.426. The second kappa shape index (κ2) is 14.5. The lowest BCUT2D eigenvalue weighted by Gasteiger charge is -2.18. The van der Waals surface area contributed by atoms with Gasteiger partial charge in [0.25, 0.3) is 0 Å². The molecular formula is C33H41NO5. The molecule has 0 bridgehead atoms. The topological polar surface area (TPSA) is 78.7 Å². The highest BCUT2D eigenvalue weighted by atomic mass is 16.6. The first kappa shape index (κ1) is 29.9. The van der Waals surface area contributed by atoms with Crippen molar-refractivity contribution in [3.63, 3.8) is 0 Å². The van der Waals surface area contributed by atoms with Gasteiger partial charge in [-0.05, 0) is 71.7 Å². The van der Waals surface area contributed by atoms with Gasteiger partial charge in [0.2, 0.25) is 0 Å². The van der Waals surface area contributed by atoms with Crippen LogP contribution >= 0.6 is 0 Å². The molecule has 0 aliphatic rings. The summed E-state index contributed by atoms with van der Waals surface area (Å²) in [5.41, 5.74) is 3.20. The van der Waals surface area contributed by atoms with E-state index < -0.39 is 10.9 Å². The summed E-state index contributed by atoms with van der Waals surface area (Å²) < 4.78 is 11.3. The molecule has 0 spiro atoms. The summed E-state index contributed by atoms with van der Waals surface area (Å²) in [7, 11) is 0. The van der Waals surface area contributed by atoms with E-state index in [0.29, 0.717) is 23.5 Å². The average molecular weight is 532 g/mol. The molecule has 0 fully saturated rings. The van der Waals surface area contributed by atoms with Crippen LogP contribution in [0.25, 0.3) is 11.1 Å². The first-order chi connectivity index (χ1) is 18.7. The van der Waals surface area contributed by atoms with Crippen molar-refractivity contribution in [3.8, 4) is 22.6 Å². The van der Waals surface area contributed by atoms with E-state index in [1.54, 1.807) is 36.4 Å². The van der Waals surface area contributed by atoms with Crippen molar-refractivity contribution in [1.29, 1.82) is 0 Å². The summed E-state index contributed by atoms with van der Waals surface area (Å²) >= 11 is 0. The van der Waals surface area contributed by atoms with Gasteiger partial charge in [0.1, 0.15) is 5.75 Å². The predicted molar refractivity (Wildman–Crippen MR) is 157 cm³/mol. The van der Waals surface area contributed by atoms with Gasteiger partial charge in [-0.2, -0.15) is 0 Å². The van der Waals surface area contributed by atoms with Crippen LogP contribution in [0.3, 0.4) is 0 Å². The molecule has 0 aliphatic carbocycles. The van der Waals surface area contributed by atoms with E-state index in [1.807, 2.05) is 24.3 Å². The molecule has 3 aromatic carbocycles. The molecule has 3 rings (SSSR count). The normalized spacial score (nSPS) is 11.3. The largest absolute Gasteiger partial charge is 0.487 e. The Labute approximate surface area is 232 Å². The van der Waals surface area contributed by atoms with E-state index >= 15 is 0 Å². The van der Waals surface area contributed by atoms with Crippen molar-refractivity contribution in [2.24, 2.45) is 5.41 Å². The number of unbranched alkanes of at least 4 members (excludes halogenated alkanes) is 5. The fourth-order valence-electron chi connectivity index (χ4n) is 4.23. The second-order valence-electron chi connectivity index (χ2n) is 11.2. The molecular weight excluding hydrogens is 490 g/mol. The number of esters is 1. The van der Waals surface area contributed by atoms with Gasteiger partial charge in [-0.25, -0.2) is 4.79 Å². The van der Waals surface area contributed by atoms with E-state index in [-0.39, 0.29) is 16.9 Å². The summed E-state index contributed by atoms with van der Waals surface area (Å²) in [5, 5.41) is 11.7. The molecule has 6 heteroatoms. The third kappa shape index (κ3) is 9.86. The standard InChI is InChI=1S/C33H41NO5/c1-5-6-7-8-9-10-11-25-12-14-27(15-13-25)32(35)39-29-19-16-26(17-20-29)28-18-21-31(30(24-28)34(36)37)38-23-22-33(2,3)4/h12-21,24H,5-11,22-23H2,1-4H3. The number of nitro benzene ring substituents is 1. The maximum Gasteiger partial charge on any atom is 0.343 e. The fourth-order valence-corrected chi connectivity index (χ4v) is 4.23. The molecule has 6 nitrogen and oxygen atoms in total. The van der Waals surface area contributed by atoms with E-state index in [9.17, 15) is 14.9 Å². The third-order valence-electron chi connectivity index (χ3n) is 6.67. The zero-order valence-corrected chi connectivity index (χ0v) is 23.7. The summed E-state index contributed by atoms with van der Waals surface area (Å²) in [4.78, 5) is 23.9. The lowest BCUT2D eigenvalue weighted by Crippen LogP contribution is -2.11. The molecule has 0 amide bonds. The van der Waals surface area contributed by atoms with Gasteiger partial charge in [-0.3, -0.25) is 10.1 Å². The number of ether oxygens (including phenoxy) is 2. The number of aryl methyl sites for hydroxylation is 1. The van der Waals surface area contributed by atoms with Crippen molar-refractivity contribution in [1.82, 2.24) is 0 Å². The van der Waals surface area contributed by atoms with Crippen molar-refractivity contribution in [2.45, 2.75) is 79.1 Å². The molecule has 0 aliphatic heterocycles. The minimum Gasteiger partial charge on any atom is -0.487 e. The Bertz CT molecular complexity index is 1210. The first-order valence-corrected chi connectivity index (χ1v) is 14.0. The van der Waals surface area contributed by atoms with Crippen LogP contribution in [-0.4, -0.2) is 17.5 Å². The van der Waals surface area contributed by atoms with Gasteiger partial charge in [0, 0.05) is 6.07 Å². The Kier molecular flexibility index (Phi) is 11.1. The van der Waals surface area contributed by atoms with Crippen molar-refractivity contribution < 1.29 is 19.2 Å². The zero-order chi connectivity index (χ0) is 28.3. The maximum absolute atomic E-state index is 12.6. The Morgan fingerprint density at radius 2 is 1.49 bits per heavy atom. The predicted octanol–water partition coefficient (Wildman–Crippen LogP) is 9.20. The molecule has 0 heterocycles. The maximum atomic E-state index is 12.6. The summed E-state index contributed by atoms with van der Waals surface area (Å²) in [5.74, 6) is 0.259. The van der Waals surface area contributed by atoms with Gasteiger partial charge >= 0.3 is 11.7 Å². The number of carbonyl (C=O) groups is 1. The van der Waals surface area contributed by atoms with E-state index in [2.05, 4.69) is 27.7 Å². The zero-order valence-electron chi connectivity index (χ0n) is 23.7. The van der Waals surface area contributed by atoms with Crippen LogP contribution in [0.5, 0.6) is 11.5 Å². The highest BCUT2D eigenvalue weighted by molar-refractivity contribution is 5.91. The average Bonchev–Trinajstić information content (AvgIpc) is 2.91. The number of hydrogen-bond acceptors (Lipinski definition) is 5. The smallest absolute Gasteiger partial charge is 0.343 e. The molecule has 0 saturated carbocycles. The van der Waals surface area contributed by atoms with Gasteiger partial charge in [0.15, 0.2) is 5.75 Å². The number of hydrogen-bond donors (Lipinski definition) is 0. The van der Waals surface area contributed by atoms with Crippen LogP contribution in [0, 0.1) is 15.5 Å². The molecule has 0 aromatic heterocycles. The van der Waals surface area contributed by atoms with Crippen LogP contribution in [0.1, 0.15) is 88.6 Å². The van der Waals surface area contributed by atoms with Crippen molar-refractivity contribution >= 4 is 11.7 Å². The van der Waals surface area contributed by atoms with Crippen LogP contribution in [0.15, 0.2) is 66.7 Å². The summed E-state index contributed by atoms with van der Waals surface area (Å²) in [6, 6.07) is 19.5. The Balaban J connectivity index is 1.57. The van der Waals surface area contributed by atoms with Gasteiger partial charge < -0.3 is 9.47 Å². The van der Waals surface area contributed by atoms with Gasteiger partial charge in [0.05, 0.1) is 17.1 Å². The Morgan fingerprint density at radius 3 is 2.13 bits per heavy atom. The number of carbonyl (C=O) groups excluding carboxylic acids is 1. The molecule has 208 valence electrons. The second-order valence-corrected chi connectivity index (χ2v) is 11.2. The van der Waals surface area contributed by atoms with Crippen LogP contribution in [0.2, 0.25) is 0 Å². The first-order valence-electron chi connectivity index (χ1n) is 14.0. The SMILES string of the molecule is CCCCCCCCc1ccc(C(=O)Oc2ccc(-c3ccc(OCCC(C)(C)C)c([N+](=O)[O-])c3)cc2)cc1. The monoisotopic (exact) mass is 531 g/mol. The number of rotatable bonds is 14. The molecule has 0 radical (unpaired) electrons. The van der Waals surface area contributed by atoms with E-state index in [1.165, 1.54) is 43.7 Å². The fraction of sp³-hybridized carbons (Fsp3) is 0.424. The van der Waals surface area contributed by atoms with E-state index in [0.717, 1.165) is 24.8 Å². The minimum absolute atomic E-state index is 0.0724. The Morgan fingerprint density at radius 1 is 0.846 bits per heavy atom. The van der Waals surface area contributed by atoms with Crippen LogP contribution in [0.4, 0.5) is 5.69 Å². The lowest BCUT2D eigenvalue weighted by molar-refractivity contribution is -0.385. The highest BCUT2D eigenvalue weighted by Crippen LogP contribution is 2.33. The van der Waals surface area contributed by atoms with Crippen LogP contribution < -0.4 is 9.47 Å². The third-order valence-corrected chi connectivity index (χ3v) is 6.67. The molecule has 3 aromatic rings. The molecule has 0 unspecified atom stereocenters. The van der Waals surface area contributed by atoms with Gasteiger partial charge in [-0.1, -0.05) is 90.1 Å². The quantitative estimate of drug-likeness (QED) is 0.0681. The highest BCUT2D eigenvalue weighted by Gasteiger charge is 2.18. The molecule has 0 saturated heterocycles. The summed E-state index contributed by atoms with van der Waals surface area (Å²) in [6.07, 6.45) is 9.36. The summed E-state index contributed by atoms with van der Waals surface area (Å²) in [6.45, 7) is 8.93. The molecule has 0 N–H and O–H groups in total. The number of benzene rings is 3. The van der Waals surface area contributed by atoms with Crippen LogP contribution in [-0.2, 0) is 6.42 Å². The lowest BCUT2D eigenvalue weighted by atomic mass is 9.93. The number of nitrogens with zero attached hydrogens (tertiary/aromatic N) is 1. The molecule has 0 atom stereocenters. The molecule has 39 heavy (non-hydrogen) atoms. The Hall–Kier alpha value is -3.67. The van der Waals surface area contributed by atoms with E-state index in [4.69, 9.17) is 9.47 Å². The van der Waals surface area contributed by atoms with Gasteiger partial charge in [-0.15, -0.1) is 0 Å². The van der Waals surface area contributed by atoms with Crippen molar-refractivity contribution in [2.75, 3.05) is 6.61 Å².